The van der Waals surface area contributed by atoms with E-state index in [0.29, 0.717) is 30.0 Å². The molecule has 2 heterocycles. The molecular formula is C19H23FN4O5S. The van der Waals surface area contributed by atoms with Gasteiger partial charge in [0.05, 0.1) is 29.0 Å². The summed E-state index contributed by atoms with van der Waals surface area (Å²) >= 11 is 0. The monoisotopic (exact) mass is 438 g/mol. The second kappa shape index (κ2) is 8.92. The van der Waals surface area contributed by atoms with Crippen molar-refractivity contribution in [1.29, 1.82) is 0 Å². The number of ether oxygens (including phenoxy) is 1. The van der Waals surface area contributed by atoms with Gasteiger partial charge in [0.25, 0.3) is 0 Å². The third-order valence-corrected chi connectivity index (χ3v) is 5.80. The Labute approximate surface area is 173 Å². The molecule has 0 radical (unpaired) electrons. The van der Waals surface area contributed by atoms with Crippen LogP contribution in [0.1, 0.15) is 31.5 Å². The summed E-state index contributed by atoms with van der Waals surface area (Å²) in [6.45, 7) is 4.49. The lowest BCUT2D eigenvalue weighted by atomic mass is 10.2. The molecule has 30 heavy (non-hydrogen) atoms. The first-order chi connectivity index (χ1) is 14.2. The summed E-state index contributed by atoms with van der Waals surface area (Å²) in [6, 6.07) is 5.32. The van der Waals surface area contributed by atoms with Crippen molar-refractivity contribution < 1.29 is 27.1 Å². The van der Waals surface area contributed by atoms with Crippen molar-refractivity contribution in [2.75, 3.05) is 18.5 Å². The highest BCUT2D eigenvalue weighted by Gasteiger charge is 2.33. The van der Waals surface area contributed by atoms with E-state index in [0.717, 1.165) is 0 Å². The number of sulfone groups is 1. The van der Waals surface area contributed by atoms with Crippen LogP contribution >= 0.6 is 0 Å². The molecule has 1 aliphatic heterocycles. The highest BCUT2D eigenvalue weighted by atomic mass is 32.2. The number of amides is 2. The quantitative estimate of drug-likeness (QED) is 0.497. The van der Waals surface area contributed by atoms with Gasteiger partial charge < -0.3 is 15.4 Å². The summed E-state index contributed by atoms with van der Waals surface area (Å²) < 4.78 is 43.9. The molecule has 0 fully saturated rings. The molecule has 2 N–H and O–H groups in total. The van der Waals surface area contributed by atoms with Crippen LogP contribution in [0.4, 0.5) is 10.2 Å². The molecule has 3 rings (SSSR count). The van der Waals surface area contributed by atoms with E-state index in [1.54, 1.807) is 0 Å². The Hall–Kier alpha value is -2.79. The Bertz CT molecular complexity index is 1050. The van der Waals surface area contributed by atoms with Crippen molar-refractivity contribution in [2.45, 2.75) is 37.9 Å². The standard InChI is InChI=1S/C19H23FN4O5S/c1-12(2)29-9-3-8-21-18(25)19(26)22-17-15-10-30(27,28)11-16(15)23-24(17)14-6-4-13(20)5-7-14/h4-7,12H,3,8-11H2,1-2H3,(H,21,25)(H,22,26). The van der Waals surface area contributed by atoms with Crippen molar-refractivity contribution >= 4 is 27.5 Å². The third-order valence-electron chi connectivity index (χ3n) is 4.35. The van der Waals surface area contributed by atoms with E-state index in [1.165, 1.54) is 28.9 Å². The van der Waals surface area contributed by atoms with Gasteiger partial charge in [-0.2, -0.15) is 5.10 Å². The van der Waals surface area contributed by atoms with Crippen LogP contribution in [0.15, 0.2) is 24.3 Å². The van der Waals surface area contributed by atoms with Gasteiger partial charge in [-0.1, -0.05) is 0 Å². The predicted molar refractivity (Wildman–Crippen MR) is 107 cm³/mol. The molecule has 162 valence electrons. The molecule has 11 heteroatoms. The van der Waals surface area contributed by atoms with Crippen LogP contribution in [-0.4, -0.2) is 49.3 Å². The normalized spacial score (nSPS) is 14.5. The van der Waals surface area contributed by atoms with Gasteiger partial charge in [0, 0.05) is 18.7 Å². The smallest absolute Gasteiger partial charge is 0.314 e. The van der Waals surface area contributed by atoms with Crippen LogP contribution in [0.5, 0.6) is 0 Å². The van der Waals surface area contributed by atoms with Gasteiger partial charge in [0.15, 0.2) is 9.84 Å². The van der Waals surface area contributed by atoms with Crippen LogP contribution < -0.4 is 10.6 Å². The van der Waals surface area contributed by atoms with E-state index in [4.69, 9.17) is 4.74 Å². The van der Waals surface area contributed by atoms with Gasteiger partial charge in [0.2, 0.25) is 0 Å². The van der Waals surface area contributed by atoms with Crippen molar-refractivity contribution in [3.8, 4) is 5.69 Å². The fraction of sp³-hybridized carbons (Fsp3) is 0.421. The number of anilines is 1. The highest BCUT2D eigenvalue weighted by molar-refractivity contribution is 7.90. The second-order valence-corrected chi connectivity index (χ2v) is 9.24. The highest BCUT2D eigenvalue weighted by Crippen LogP contribution is 2.32. The Balaban J connectivity index is 1.75. The van der Waals surface area contributed by atoms with E-state index in [2.05, 4.69) is 15.7 Å². The average Bonchev–Trinajstić information content (AvgIpc) is 3.14. The Morgan fingerprint density at radius 1 is 1.20 bits per heavy atom. The minimum Gasteiger partial charge on any atom is -0.379 e. The molecule has 1 aromatic carbocycles. The predicted octanol–water partition coefficient (Wildman–Crippen LogP) is 1.31. The molecule has 0 aliphatic carbocycles. The molecule has 9 nitrogen and oxygen atoms in total. The minimum atomic E-state index is -3.38. The van der Waals surface area contributed by atoms with E-state index in [9.17, 15) is 22.4 Å². The van der Waals surface area contributed by atoms with E-state index in [1.807, 2.05) is 13.8 Å². The molecule has 1 aromatic heterocycles. The van der Waals surface area contributed by atoms with Crippen molar-refractivity contribution in [3.05, 3.63) is 41.3 Å². The van der Waals surface area contributed by atoms with Crippen molar-refractivity contribution in [2.24, 2.45) is 0 Å². The number of halogens is 1. The average molecular weight is 438 g/mol. The first-order valence-electron chi connectivity index (χ1n) is 9.44. The van der Waals surface area contributed by atoms with E-state index >= 15 is 0 Å². The van der Waals surface area contributed by atoms with Crippen molar-refractivity contribution in [3.63, 3.8) is 0 Å². The zero-order chi connectivity index (χ0) is 21.9. The number of hydrogen-bond acceptors (Lipinski definition) is 6. The Kier molecular flexibility index (Phi) is 6.52. The summed E-state index contributed by atoms with van der Waals surface area (Å²) in [6.07, 6.45) is 0.618. The number of carbonyl (C=O) groups is 2. The second-order valence-electron chi connectivity index (χ2n) is 7.18. The van der Waals surface area contributed by atoms with Crippen LogP contribution in [0, 0.1) is 5.82 Å². The summed E-state index contributed by atoms with van der Waals surface area (Å²) in [7, 11) is -3.38. The molecule has 0 bridgehead atoms. The molecule has 0 saturated heterocycles. The summed E-state index contributed by atoms with van der Waals surface area (Å²) in [5, 5.41) is 9.21. The number of fused-ring (bicyclic) bond motifs is 1. The first kappa shape index (κ1) is 21.9. The first-order valence-corrected chi connectivity index (χ1v) is 11.3. The van der Waals surface area contributed by atoms with Crippen LogP contribution in [0.25, 0.3) is 5.69 Å². The van der Waals surface area contributed by atoms with Gasteiger partial charge in [-0.3, -0.25) is 9.59 Å². The molecule has 0 spiro atoms. The van der Waals surface area contributed by atoms with Gasteiger partial charge in [-0.15, -0.1) is 0 Å². The fourth-order valence-corrected chi connectivity index (χ4v) is 4.47. The van der Waals surface area contributed by atoms with E-state index < -0.39 is 27.5 Å². The molecule has 2 amide bonds. The van der Waals surface area contributed by atoms with Crippen molar-refractivity contribution in [1.82, 2.24) is 15.1 Å². The summed E-state index contributed by atoms with van der Waals surface area (Å²) in [4.78, 5) is 24.5. The van der Waals surface area contributed by atoms with Crippen LogP contribution in [-0.2, 0) is 35.7 Å². The lowest BCUT2D eigenvalue weighted by Gasteiger charge is -2.11. The number of nitrogens with one attached hydrogen (secondary N) is 2. The molecule has 0 saturated carbocycles. The number of nitrogens with zero attached hydrogens (tertiary/aromatic N) is 2. The lowest BCUT2D eigenvalue weighted by Crippen LogP contribution is -2.37. The number of aromatic nitrogens is 2. The maximum atomic E-state index is 13.3. The lowest BCUT2D eigenvalue weighted by molar-refractivity contribution is -0.136. The Morgan fingerprint density at radius 3 is 2.57 bits per heavy atom. The zero-order valence-electron chi connectivity index (χ0n) is 16.6. The molecule has 0 unspecified atom stereocenters. The maximum Gasteiger partial charge on any atom is 0.314 e. The third kappa shape index (κ3) is 5.22. The largest absolute Gasteiger partial charge is 0.379 e. The van der Waals surface area contributed by atoms with Gasteiger partial charge in [-0.25, -0.2) is 17.5 Å². The topological polar surface area (TPSA) is 119 Å². The van der Waals surface area contributed by atoms with Crippen LogP contribution in [0.2, 0.25) is 0 Å². The minimum absolute atomic E-state index is 0.0779. The number of benzene rings is 1. The number of hydrogen-bond donors (Lipinski definition) is 2. The SMILES string of the molecule is CC(C)OCCCNC(=O)C(=O)Nc1c2c(nn1-c1ccc(F)cc1)CS(=O)(=O)C2. The molecule has 1 aliphatic rings. The van der Waals surface area contributed by atoms with Gasteiger partial charge >= 0.3 is 11.8 Å². The maximum absolute atomic E-state index is 13.3. The van der Waals surface area contributed by atoms with E-state index in [-0.39, 0.29) is 30.0 Å². The molecular weight excluding hydrogens is 415 g/mol. The molecule has 2 aromatic rings. The fourth-order valence-electron chi connectivity index (χ4n) is 2.98. The van der Waals surface area contributed by atoms with Gasteiger partial charge in [0.1, 0.15) is 11.6 Å². The summed E-state index contributed by atoms with van der Waals surface area (Å²) in [5.41, 5.74) is 1.04. The molecule has 0 atom stereocenters. The van der Waals surface area contributed by atoms with Gasteiger partial charge in [-0.05, 0) is 44.5 Å². The zero-order valence-corrected chi connectivity index (χ0v) is 17.5. The summed E-state index contributed by atoms with van der Waals surface area (Å²) in [5.74, 6) is -2.74. The number of carbonyl (C=O) groups excluding carboxylic acids is 2. The Morgan fingerprint density at radius 2 is 1.90 bits per heavy atom. The number of rotatable bonds is 7. The van der Waals surface area contributed by atoms with Crippen LogP contribution in [0.3, 0.4) is 0 Å².